The molecule has 0 amide bonds. The normalized spacial score (nSPS) is 17.6. The topological polar surface area (TPSA) is 0 Å². The van der Waals surface area contributed by atoms with E-state index in [0.29, 0.717) is 22.1 Å². The Morgan fingerprint density at radius 2 is 1.00 bits per heavy atom. The molecule has 0 aliphatic carbocycles. The second kappa shape index (κ2) is 2.81. The molecule has 2 atom stereocenters. The summed E-state index contributed by atoms with van der Waals surface area (Å²) >= 11 is 1.06. The van der Waals surface area contributed by atoms with Gasteiger partial charge in [-0.2, -0.15) is 0 Å². The summed E-state index contributed by atoms with van der Waals surface area (Å²) in [6, 6.07) is 0. The van der Waals surface area contributed by atoms with Crippen LogP contribution in [-0.4, -0.2) is 13.6 Å². The quantitative estimate of drug-likeness (QED) is 0.608. The molecule has 11 heavy (non-hydrogen) atoms. The molecule has 0 spiro atoms. The molecule has 66 valence electrons. The molecular weight excluding hydrogens is 237 g/mol. The van der Waals surface area contributed by atoms with Crippen molar-refractivity contribution >= 4 is 25.3 Å². The van der Waals surface area contributed by atoms with Crippen LogP contribution in [0.5, 0.6) is 0 Å². The van der Waals surface area contributed by atoms with Crippen molar-refractivity contribution in [2.24, 2.45) is 0 Å². The van der Waals surface area contributed by atoms with Crippen LogP contribution in [0.3, 0.4) is 0 Å². The Balaban J connectivity index is 2.76. The third-order valence-electron chi connectivity index (χ3n) is 1.44. The van der Waals surface area contributed by atoms with Gasteiger partial charge in [0, 0.05) is 0 Å². The Hall–Kier alpha value is 1.12. The second-order valence-corrected chi connectivity index (χ2v) is 23.1. The monoisotopic (exact) mass is 256 g/mol. The van der Waals surface area contributed by atoms with E-state index in [9.17, 15) is 0 Å². The number of rotatable bonds is 0. The first-order valence-corrected chi connectivity index (χ1v) is 11.8. The van der Waals surface area contributed by atoms with Gasteiger partial charge in [0.2, 0.25) is 0 Å². The summed E-state index contributed by atoms with van der Waals surface area (Å²) in [4.78, 5) is 0. The van der Waals surface area contributed by atoms with Gasteiger partial charge in [-0.25, -0.2) is 0 Å². The van der Waals surface area contributed by atoms with E-state index in [1.54, 1.807) is 0 Å². The predicted molar refractivity (Wildman–Crippen MR) is 58.8 cm³/mol. The van der Waals surface area contributed by atoms with Gasteiger partial charge in [0.15, 0.2) is 0 Å². The fourth-order valence-electron chi connectivity index (χ4n) is 0.847. The predicted octanol–water partition coefficient (Wildman–Crippen LogP) is 4.23. The zero-order valence-corrected chi connectivity index (χ0v) is 11.8. The van der Waals surface area contributed by atoms with Crippen molar-refractivity contribution in [1.82, 2.24) is 0 Å². The Labute approximate surface area is 77.3 Å². The van der Waals surface area contributed by atoms with Crippen molar-refractivity contribution in [2.75, 3.05) is 0 Å². The van der Waals surface area contributed by atoms with Crippen LogP contribution in [-0.2, 0) is 10.3 Å². The van der Waals surface area contributed by atoms with Crippen molar-refractivity contribution in [1.29, 1.82) is 0 Å². The van der Waals surface area contributed by atoms with Crippen molar-refractivity contribution in [3.8, 4) is 0 Å². The van der Waals surface area contributed by atoms with Crippen molar-refractivity contribution in [3.05, 3.63) is 0 Å². The van der Waals surface area contributed by atoms with Gasteiger partial charge >= 0.3 is 77.2 Å². The molecule has 0 saturated carbocycles. The van der Waals surface area contributed by atoms with Gasteiger partial charge in [0.1, 0.15) is 0 Å². The van der Waals surface area contributed by atoms with Gasteiger partial charge in [-0.1, -0.05) is 0 Å². The van der Waals surface area contributed by atoms with E-state index in [1.807, 2.05) is 0 Å². The minimum absolute atomic E-state index is 0.484. The molecule has 0 aliphatic heterocycles. The standard InChI is InChI=1S/C8H18P2Se/c1-7(2,3)9-10(11-9)8(4,5)6/h1-6H3. The molecule has 1 rings (SSSR count). The minimum atomic E-state index is 0.484. The zero-order valence-electron chi connectivity index (χ0n) is 8.30. The van der Waals surface area contributed by atoms with Crippen LogP contribution in [0, 0.1) is 0 Å². The molecule has 0 nitrogen and oxygen atoms in total. The first kappa shape index (κ1) is 10.2. The Kier molecular flexibility index (Phi) is 2.61. The second-order valence-electron chi connectivity index (χ2n) is 4.97. The van der Waals surface area contributed by atoms with Gasteiger partial charge in [-0.3, -0.25) is 0 Å². The third-order valence-corrected chi connectivity index (χ3v) is 25.8. The first-order chi connectivity index (χ1) is 4.73. The number of hydrogen-bond donors (Lipinski definition) is 0. The van der Waals surface area contributed by atoms with E-state index in [4.69, 9.17) is 0 Å². The Morgan fingerprint density at radius 3 is 1.09 bits per heavy atom. The molecular formula is C8H18P2Se. The molecule has 0 aliphatic rings. The van der Waals surface area contributed by atoms with Gasteiger partial charge in [-0.05, 0) is 0 Å². The molecule has 0 radical (unpaired) electrons. The molecule has 0 aromatic carbocycles. The molecule has 1 heterocycles. The molecule has 0 N–H and O–H groups in total. The van der Waals surface area contributed by atoms with Gasteiger partial charge in [-0.15, -0.1) is 0 Å². The molecule has 0 fully saturated rings. The van der Waals surface area contributed by atoms with E-state index in [-0.39, 0.29) is 0 Å². The fourth-order valence-corrected chi connectivity index (χ4v) is 31.7. The molecule has 0 bridgehead atoms. The van der Waals surface area contributed by atoms with Crippen LogP contribution in [0.2, 0.25) is 0 Å². The molecule has 1 aromatic heterocycles. The van der Waals surface area contributed by atoms with E-state index < -0.39 is 0 Å². The van der Waals surface area contributed by atoms with E-state index >= 15 is 0 Å². The Morgan fingerprint density at radius 1 is 0.727 bits per heavy atom. The summed E-state index contributed by atoms with van der Waals surface area (Å²) in [6.45, 7) is 14.6. The van der Waals surface area contributed by atoms with Crippen molar-refractivity contribution < 1.29 is 0 Å². The Bertz CT molecular complexity index is 203. The van der Waals surface area contributed by atoms with Crippen LogP contribution >= 0.6 is 11.7 Å². The summed E-state index contributed by atoms with van der Waals surface area (Å²) in [5.41, 5.74) is 0. The maximum atomic E-state index is 2.43. The SMILES string of the molecule is CC(C)(C)p1[se]p1C(C)(C)C. The summed E-state index contributed by atoms with van der Waals surface area (Å²) < 4.78 is 0. The molecule has 3 heteroatoms. The van der Waals surface area contributed by atoms with Crippen LogP contribution < -0.4 is 0 Å². The zero-order chi connectivity index (χ0) is 8.86. The average Bonchev–Trinajstić information content (AvgIpc) is 2.30. The molecule has 1 aromatic rings. The van der Waals surface area contributed by atoms with Gasteiger partial charge < -0.3 is 0 Å². The first-order valence-electron chi connectivity index (χ1n) is 4.01. The van der Waals surface area contributed by atoms with Gasteiger partial charge in [0.25, 0.3) is 0 Å². The van der Waals surface area contributed by atoms with Crippen molar-refractivity contribution in [2.45, 2.75) is 51.9 Å². The summed E-state index contributed by atoms with van der Waals surface area (Å²) in [5.74, 6) is 0.969. The molecule has 0 saturated heterocycles. The summed E-state index contributed by atoms with van der Waals surface area (Å²) in [6.07, 6.45) is 0. The fraction of sp³-hybridized carbons (Fsp3) is 1.00. The van der Waals surface area contributed by atoms with E-state index in [1.165, 1.54) is 0 Å². The average molecular weight is 255 g/mol. The van der Waals surface area contributed by atoms with E-state index in [0.717, 1.165) is 13.6 Å². The van der Waals surface area contributed by atoms with Gasteiger partial charge in [0.05, 0.1) is 0 Å². The van der Waals surface area contributed by atoms with E-state index in [2.05, 4.69) is 41.5 Å². The molecule has 2 unspecified atom stereocenters. The third kappa shape index (κ3) is 2.53. The summed E-state index contributed by atoms with van der Waals surface area (Å²) in [7, 11) is 0. The number of hydrogen-bond acceptors (Lipinski definition) is 0. The summed E-state index contributed by atoms with van der Waals surface area (Å²) in [5, 5.41) is 1.32. The van der Waals surface area contributed by atoms with Crippen LogP contribution in [0.25, 0.3) is 0 Å². The van der Waals surface area contributed by atoms with Crippen LogP contribution in [0.4, 0.5) is 0 Å². The van der Waals surface area contributed by atoms with Crippen molar-refractivity contribution in [3.63, 3.8) is 0 Å². The van der Waals surface area contributed by atoms with Crippen LogP contribution in [0.15, 0.2) is 0 Å². The van der Waals surface area contributed by atoms with Crippen LogP contribution in [0.1, 0.15) is 41.5 Å². The maximum absolute atomic E-state index is 2.43.